The Morgan fingerprint density at radius 3 is 2.57 bits per heavy atom. The maximum atomic E-state index is 3.84. The van der Waals surface area contributed by atoms with Gasteiger partial charge >= 0.3 is 0 Å². The second-order valence-electron chi connectivity index (χ2n) is 7.95. The van der Waals surface area contributed by atoms with Gasteiger partial charge in [-0.2, -0.15) is 0 Å². The molecule has 2 fully saturated rings. The van der Waals surface area contributed by atoms with Crippen LogP contribution in [-0.4, -0.2) is 24.5 Å². The smallest absolute Gasteiger partial charge is 0.0351 e. The predicted molar refractivity (Wildman–Crippen MR) is 96.6 cm³/mol. The Kier molecular flexibility index (Phi) is 5.01. The zero-order valence-corrected chi connectivity index (χ0v) is 14.5. The van der Waals surface area contributed by atoms with Crippen molar-refractivity contribution in [2.24, 2.45) is 5.92 Å². The van der Waals surface area contributed by atoms with Gasteiger partial charge in [0.05, 0.1) is 0 Å². The van der Waals surface area contributed by atoms with Gasteiger partial charge in [0.1, 0.15) is 0 Å². The summed E-state index contributed by atoms with van der Waals surface area (Å²) in [6.07, 6.45) is 12.6. The fourth-order valence-electron chi connectivity index (χ4n) is 5.01. The Bertz CT molecular complexity index is 513. The van der Waals surface area contributed by atoms with E-state index in [0.717, 1.165) is 12.5 Å². The van der Waals surface area contributed by atoms with Crippen LogP contribution < -0.4 is 5.32 Å². The normalized spacial score (nSPS) is 26.9. The highest BCUT2D eigenvalue weighted by molar-refractivity contribution is 5.37. The van der Waals surface area contributed by atoms with E-state index in [0.29, 0.717) is 6.04 Å². The molecule has 0 aromatic heterocycles. The minimum Gasteiger partial charge on any atom is -0.309 e. The molecule has 3 aliphatic rings. The third kappa shape index (κ3) is 3.64. The molecular formula is C21H32N2. The third-order valence-electron chi connectivity index (χ3n) is 6.28. The van der Waals surface area contributed by atoms with Crippen LogP contribution in [0.5, 0.6) is 0 Å². The molecule has 1 aromatic carbocycles. The molecule has 1 aliphatic carbocycles. The summed E-state index contributed by atoms with van der Waals surface area (Å²) in [4.78, 5) is 2.64. The summed E-state index contributed by atoms with van der Waals surface area (Å²) in [6, 6.07) is 8.03. The molecule has 1 aromatic rings. The van der Waals surface area contributed by atoms with Crippen LogP contribution in [0.1, 0.15) is 74.1 Å². The number of nitrogens with one attached hydrogen (secondary N) is 1. The zero-order chi connectivity index (χ0) is 15.5. The van der Waals surface area contributed by atoms with E-state index in [-0.39, 0.29) is 0 Å². The minimum absolute atomic E-state index is 0.628. The van der Waals surface area contributed by atoms with Crippen molar-refractivity contribution in [1.82, 2.24) is 10.2 Å². The van der Waals surface area contributed by atoms with Gasteiger partial charge in [0.2, 0.25) is 0 Å². The van der Waals surface area contributed by atoms with E-state index in [1.807, 2.05) is 0 Å². The molecule has 0 spiro atoms. The average molecular weight is 313 g/mol. The van der Waals surface area contributed by atoms with E-state index in [9.17, 15) is 0 Å². The Morgan fingerprint density at radius 1 is 0.957 bits per heavy atom. The standard InChI is InChI=1S/C21H32N2/c1-3-7-18(8-4-1)21-20-10-9-17(15-19(20)11-12-22-21)16-23-13-5-2-6-14-23/h9-10,15,18,21-22H,1-8,11-14,16H2. The number of rotatable bonds is 3. The van der Waals surface area contributed by atoms with Gasteiger partial charge in [0.15, 0.2) is 0 Å². The van der Waals surface area contributed by atoms with E-state index in [4.69, 9.17) is 0 Å². The summed E-state index contributed by atoms with van der Waals surface area (Å²) in [6.45, 7) is 4.92. The van der Waals surface area contributed by atoms with Gasteiger partial charge < -0.3 is 5.32 Å². The molecule has 1 unspecified atom stereocenters. The number of hydrogen-bond acceptors (Lipinski definition) is 2. The van der Waals surface area contributed by atoms with E-state index in [1.54, 1.807) is 11.1 Å². The van der Waals surface area contributed by atoms with Gasteiger partial charge in [0, 0.05) is 12.6 Å². The van der Waals surface area contributed by atoms with Crippen molar-refractivity contribution in [3.05, 3.63) is 34.9 Å². The van der Waals surface area contributed by atoms with Crippen LogP contribution in [-0.2, 0) is 13.0 Å². The summed E-state index contributed by atoms with van der Waals surface area (Å²) >= 11 is 0. The second kappa shape index (κ2) is 7.36. The summed E-state index contributed by atoms with van der Waals surface area (Å²) < 4.78 is 0. The maximum absolute atomic E-state index is 3.84. The molecule has 0 amide bonds. The van der Waals surface area contributed by atoms with Crippen molar-refractivity contribution in [3.63, 3.8) is 0 Å². The Morgan fingerprint density at radius 2 is 1.74 bits per heavy atom. The summed E-state index contributed by atoms with van der Waals surface area (Å²) in [7, 11) is 0. The van der Waals surface area contributed by atoms with Crippen LogP contribution in [0.3, 0.4) is 0 Å². The summed E-state index contributed by atoms with van der Waals surface area (Å²) in [5, 5.41) is 3.84. The lowest BCUT2D eigenvalue weighted by Gasteiger charge is -2.36. The second-order valence-corrected chi connectivity index (χ2v) is 7.95. The number of fused-ring (bicyclic) bond motifs is 1. The maximum Gasteiger partial charge on any atom is 0.0351 e. The van der Waals surface area contributed by atoms with E-state index < -0.39 is 0 Å². The molecule has 2 nitrogen and oxygen atoms in total. The average Bonchev–Trinajstić information content (AvgIpc) is 2.63. The quantitative estimate of drug-likeness (QED) is 0.887. The highest BCUT2D eigenvalue weighted by Gasteiger charge is 2.28. The summed E-state index contributed by atoms with van der Waals surface area (Å²) in [5.41, 5.74) is 4.79. The number of piperidine rings is 1. The van der Waals surface area contributed by atoms with Crippen LogP contribution in [0.2, 0.25) is 0 Å². The topological polar surface area (TPSA) is 15.3 Å². The molecule has 126 valence electrons. The minimum atomic E-state index is 0.628. The van der Waals surface area contributed by atoms with Crippen LogP contribution in [0.25, 0.3) is 0 Å². The number of likely N-dealkylation sites (tertiary alicyclic amines) is 1. The SMILES string of the molecule is c1cc2c(cc1CN1CCCCC1)CCNC2C1CCCCC1. The van der Waals surface area contributed by atoms with E-state index in [2.05, 4.69) is 28.4 Å². The lowest BCUT2D eigenvalue weighted by Crippen LogP contribution is -2.36. The molecule has 0 bridgehead atoms. The van der Waals surface area contributed by atoms with Gasteiger partial charge in [-0.3, -0.25) is 4.90 Å². The molecule has 1 atom stereocenters. The van der Waals surface area contributed by atoms with Crippen molar-refractivity contribution in [3.8, 4) is 0 Å². The van der Waals surface area contributed by atoms with Crippen LogP contribution >= 0.6 is 0 Å². The Hall–Kier alpha value is -0.860. The molecule has 1 saturated heterocycles. The van der Waals surface area contributed by atoms with Gasteiger partial charge in [-0.25, -0.2) is 0 Å². The highest BCUT2D eigenvalue weighted by Crippen LogP contribution is 2.37. The fraction of sp³-hybridized carbons (Fsp3) is 0.714. The largest absolute Gasteiger partial charge is 0.309 e. The zero-order valence-electron chi connectivity index (χ0n) is 14.5. The number of hydrogen-bond donors (Lipinski definition) is 1. The molecule has 2 aliphatic heterocycles. The molecule has 2 heterocycles. The molecular weight excluding hydrogens is 280 g/mol. The van der Waals surface area contributed by atoms with Gasteiger partial charge in [-0.15, -0.1) is 0 Å². The van der Waals surface area contributed by atoms with Crippen molar-refractivity contribution >= 4 is 0 Å². The predicted octanol–water partition coefficient (Wildman–Crippen LogP) is 4.44. The Balaban J connectivity index is 1.49. The first-order chi connectivity index (χ1) is 11.4. The van der Waals surface area contributed by atoms with Gasteiger partial charge in [0.25, 0.3) is 0 Å². The van der Waals surface area contributed by atoms with Crippen LogP contribution in [0, 0.1) is 5.92 Å². The first kappa shape index (κ1) is 15.7. The monoisotopic (exact) mass is 312 g/mol. The molecule has 2 heteroatoms. The Labute approximate surface area is 141 Å². The molecule has 1 saturated carbocycles. The lowest BCUT2D eigenvalue weighted by molar-refractivity contribution is 0.220. The number of nitrogens with zero attached hydrogens (tertiary/aromatic N) is 1. The van der Waals surface area contributed by atoms with Crippen molar-refractivity contribution < 1.29 is 0 Å². The van der Waals surface area contributed by atoms with E-state index >= 15 is 0 Å². The van der Waals surface area contributed by atoms with Crippen molar-refractivity contribution in [2.75, 3.05) is 19.6 Å². The molecule has 1 N–H and O–H groups in total. The third-order valence-corrected chi connectivity index (χ3v) is 6.28. The van der Waals surface area contributed by atoms with Crippen molar-refractivity contribution in [2.45, 2.75) is 70.4 Å². The van der Waals surface area contributed by atoms with E-state index in [1.165, 1.54) is 83.0 Å². The van der Waals surface area contributed by atoms with Crippen LogP contribution in [0.15, 0.2) is 18.2 Å². The first-order valence-corrected chi connectivity index (χ1v) is 9.97. The van der Waals surface area contributed by atoms with Crippen molar-refractivity contribution in [1.29, 1.82) is 0 Å². The molecule has 4 rings (SSSR count). The van der Waals surface area contributed by atoms with Crippen LogP contribution in [0.4, 0.5) is 0 Å². The number of benzene rings is 1. The fourth-order valence-corrected chi connectivity index (χ4v) is 5.01. The molecule has 23 heavy (non-hydrogen) atoms. The van der Waals surface area contributed by atoms with Gasteiger partial charge in [-0.1, -0.05) is 43.9 Å². The lowest BCUT2D eigenvalue weighted by atomic mass is 9.78. The first-order valence-electron chi connectivity index (χ1n) is 9.97. The highest BCUT2D eigenvalue weighted by atomic mass is 15.1. The summed E-state index contributed by atoms with van der Waals surface area (Å²) in [5.74, 6) is 0.871. The van der Waals surface area contributed by atoms with Gasteiger partial charge in [-0.05, 0) is 74.3 Å². The molecule has 0 radical (unpaired) electrons.